The number of hydrogen-bond donors (Lipinski definition) is 1. The number of fused-ring (bicyclic) bond motifs is 1. The predicted octanol–water partition coefficient (Wildman–Crippen LogP) is 6.29. The summed E-state index contributed by atoms with van der Waals surface area (Å²) in [6.07, 6.45) is 1.26. The van der Waals surface area contributed by atoms with E-state index in [0.29, 0.717) is 31.6 Å². The highest BCUT2D eigenvalue weighted by atomic mass is 79.9. The molecule has 0 saturated heterocycles. The minimum Gasteiger partial charge on any atom is -0.476 e. The van der Waals surface area contributed by atoms with Crippen LogP contribution in [-0.2, 0) is 4.79 Å². The average molecular weight is 633 g/mol. The molecule has 0 bridgehead atoms. The molecule has 5 rings (SSSR count). The van der Waals surface area contributed by atoms with Gasteiger partial charge in [0.1, 0.15) is 0 Å². The molecule has 1 aromatic heterocycles. The van der Waals surface area contributed by atoms with Crippen molar-refractivity contribution in [3.05, 3.63) is 127 Å². The second kappa shape index (κ2) is 12.1. The molecule has 5 aromatic rings. The molecule has 0 aliphatic heterocycles. The zero-order chi connectivity index (χ0) is 28.9. The summed E-state index contributed by atoms with van der Waals surface area (Å²) in [7, 11) is 0. The average Bonchev–Trinajstić information content (AvgIpc) is 2.97. The maximum atomic E-state index is 13.5. The molecule has 0 atom stereocenters. The van der Waals surface area contributed by atoms with Crippen molar-refractivity contribution in [1.82, 2.24) is 9.66 Å². The van der Waals surface area contributed by atoms with E-state index in [9.17, 15) is 19.7 Å². The lowest BCUT2D eigenvalue weighted by Crippen LogP contribution is -2.21. The third-order valence-electron chi connectivity index (χ3n) is 5.83. The summed E-state index contributed by atoms with van der Waals surface area (Å²) in [5.74, 6) is -0.468. The molecule has 10 nitrogen and oxygen atoms in total. The fourth-order valence-corrected chi connectivity index (χ4v) is 4.57. The molecule has 4 aromatic carbocycles. The first-order valence-corrected chi connectivity index (χ1v) is 13.2. The largest absolute Gasteiger partial charge is 0.476 e. The highest BCUT2D eigenvalue weighted by molar-refractivity contribution is 9.10. The van der Waals surface area contributed by atoms with E-state index in [1.165, 1.54) is 18.3 Å². The lowest BCUT2D eigenvalue weighted by molar-refractivity contribution is -0.385. The topological polar surface area (TPSA) is 129 Å². The van der Waals surface area contributed by atoms with E-state index in [0.717, 1.165) is 4.68 Å². The number of nitrogens with zero attached hydrogens (tertiary/aromatic N) is 4. The van der Waals surface area contributed by atoms with Crippen LogP contribution in [0.4, 0.5) is 11.4 Å². The van der Waals surface area contributed by atoms with Crippen LogP contribution in [0.15, 0.2) is 105 Å². The van der Waals surface area contributed by atoms with Crippen LogP contribution in [0.1, 0.15) is 5.56 Å². The van der Waals surface area contributed by atoms with Gasteiger partial charge in [0.05, 0.1) is 22.0 Å². The summed E-state index contributed by atoms with van der Waals surface area (Å²) < 4.78 is 7.15. The number of carbonyl (C=O) groups excluding carboxylic acids is 1. The minimum atomic E-state index is -0.631. The van der Waals surface area contributed by atoms with Crippen LogP contribution in [0.25, 0.3) is 22.3 Å². The van der Waals surface area contributed by atoms with Gasteiger partial charge in [-0.05, 0) is 42.5 Å². The van der Waals surface area contributed by atoms with E-state index >= 15 is 0 Å². The van der Waals surface area contributed by atoms with Gasteiger partial charge in [-0.2, -0.15) is 9.78 Å². The molecule has 1 amide bonds. The van der Waals surface area contributed by atoms with Crippen molar-refractivity contribution in [3.8, 4) is 17.1 Å². The zero-order valence-electron chi connectivity index (χ0n) is 21.0. The minimum absolute atomic E-state index is 0.157. The Labute approximate surface area is 246 Å². The number of para-hydroxylation sites is 1. The molecule has 204 valence electrons. The van der Waals surface area contributed by atoms with Gasteiger partial charge in [-0.1, -0.05) is 70.0 Å². The molecular weight excluding hydrogens is 614 g/mol. The predicted molar refractivity (Wildman–Crippen MR) is 161 cm³/mol. The normalized spacial score (nSPS) is 11.1. The van der Waals surface area contributed by atoms with Gasteiger partial charge in [0.2, 0.25) is 5.75 Å². The Kier molecular flexibility index (Phi) is 8.18. The number of benzene rings is 4. The number of halogens is 2. The molecule has 0 radical (unpaired) electrons. The fourth-order valence-electron chi connectivity index (χ4n) is 3.98. The smallest absolute Gasteiger partial charge is 0.312 e. The van der Waals surface area contributed by atoms with E-state index < -0.39 is 28.7 Å². The Bertz CT molecular complexity index is 1860. The second-order valence-corrected chi connectivity index (χ2v) is 9.98. The summed E-state index contributed by atoms with van der Waals surface area (Å²) in [5, 5.41) is 19.8. The quantitative estimate of drug-likeness (QED) is 0.122. The lowest BCUT2D eigenvalue weighted by atomic mass is 10.2. The SMILES string of the molecule is O=C(COc1c(C=Nn2c(-c3ccccc3)nc3ccccc3c2=O)cc(Br)cc1[N+](=O)[O-])Nc1ccc(Cl)cc1. The molecular formula is C29H19BrClN5O5. The third-order valence-corrected chi connectivity index (χ3v) is 6.54. The summed E-state index contributed by atoms with van der Waals surface area (Å²) in [6.45, 7) is -0.529. The third kappa shape index (κ3) is 6.32. The Morgan fingerprint density at radius 3 is 2.51 bits per heavy atom. The van der Waals surface area contributed by atoms with Gasteiger partial charge in [-0.15, -0.1) is 0 Å². The first-order chi connectivity index (χ1) is 19.8. The van der Waals surface area contributed by atoms with Crippen molar-refractivity contribution in [2.75, 3.05) is 11.9 Å². The Balaban J connectivity index is 1.54. The van der Waals surface area contributed by atoms with Crippen LogP contribution in [0, 0.1) is 10.1 Å². The molecule has 0 aliphatic carbocycles. The van der Waals surface area contributed by atoms with Gasteiger partial charge in [0.15, 0.2) is 12.4 Å². The van der Waals surface area contributed by atoms with E-state index in [1.807, 2.05) is 18.2 Å². The van der Waals surface area contributed by atoms with Gasteiger partial charge >= 0.3 is 5.69 Å². The zero-order valence-corrected chi connectivity index (χ0v) is 23.4. The van der Waals surface area contributed by atoms with Gasteiger partial charge < -0.3 is 10.1 Å². The molecule has 0 spiro atoms. The maximum Gasteiger partial charge on any atom is 0.312 e. The summed E-state index contributed by atoms with van der Waals surface area (Å²) in [6, 6.07) is 25.1. The van der Waals surface area contributed by atoms with Crippen molar-refractivity contribution in [1.29, 1.82) is 0 Å². The molecule has 0 unspecified atom stereocenters. The number of nitrogens with one attached hydrogen (secondary N) is 1. The van der Waals surface area contributed by atoms with Crippen LogP contribution in [0.5, 0.6) is 5.75 Å². The van der Waals surface area contributed by atoms with E-state index in [-0.39, 0.29) is 17.1 Å². The maximum absolute atomic E-state index is 13.5. The van der Waals surface area contributed by atoms with Crippen molar-refractivity contribution < 1.29 is 14.5 Å². The van der Waals surface area contributed by atoms with Gasteiger partial charge in [-0.25, -0.2) is 4.98 Å². The van der Waals surface area contributed by atoms with E-state index in [4.69, 9.17) is 16.3 Å². The molecule has 1 N–H and O–H groups in total. The highest BCUT2D eigenvalue weighted by Crippen LogP contribution is 2.34. The fraction of sp³-hybridized carbons (Fsp3) is 0.0345. The van der Waals surface area contributed by atoms with Crippen LogP contribution in [-0.4, -0.2) is 33.3 Å². The monoisotopic (exact) mass is 631 g/mol. The number of nitro groups is 1. The van der Waals surface area contributed by atoms with Gasteiger partial charge in [-0.3, -0.25) is 19.7 Å². The number of nitro benzene ring substituents is 1. The van der Waals surface area contributed by atoms with Crippen molar-refractivity contribution in [2.45, 2.75) is 0 Å². The summed E-state index contributed by atoms with van der Waals surface area (Å²) in [5.41, 5.74) is 0.947. The Morgan fingerprint density at radius 1 is 1.07 bits per heavy atom. The first-order valence-electron chi connectivity index (χ1n) is 12.1. The molecule has 12 heteroatoms. The molecule has 41 heavy (non-hydrogen) atoms. The second-order valence-electron chi connectivity index (χ2n) is 8.62. The number of rotatable bonds is 8. The van der Waals surface area contributed by atoms with E-state index in [2.05, 4.69) is 31.3 Å². The van der Waals surface area contributed by atoms with Crippen LogP contribution < -0.4 is 15.6 Å². The number of aromatic nitrogens is 2. The van der Waals surface area contributed by atoms with E-state index in [1.54, 1.807) is 60.7 Å². The Morgan fingerprint density at radius 2 is 1.78 bits per heavy atom. The lowest BCUT2D eigenvalue weighted by Gasteiger charge is -2.12. The van der Waals surface area contributed by atoms with Crippen LogP contribution >= 0.6 is 27.5 Å². The van der Waals surface area contributed by atoms with Gasteiger partial charge in [0.25, 0.3) is 11.5 Å². The van der Waals surface area contributed by atoms with Crippen molar-refractivity contribution in [3.63, 3.8) is 0 Å². The molecule has 1 heterocycles. The molecule has 0 saturated carbocycles. The number of anilines is 1. The number of hydrogen-bond acceptors (Lipinski definition) is 7. The Hall–Kier alpha value is -4.87. The first kappa shape index (κ1) is 27.7. The van der Waals surface area contributed by atoms with Gasteiger partial charge in [0, 0.05) is 32.4 Å². The standard InChI is InChI=1S/C29H19BrClN5O5/c30-20-14-19(27(25(15-20)36(39)40)41-17-26(37)33-22-12-10-21(31)11-13-22)16-32-35-28(18-6-2-1-3-7-18)34-24-9-5-4-8-23(24)29(35)38/h1-16H,17H2,(H,33,37). The highest BCUT2D eigenvalue weighted by Gasteiger charge is 2.22. The summed E-state index contributed by atoms with van der Waals surface area (Å²) >= 11 is 9.16. The molecule has 0 fully saturated rings. The van der Waals surface area contributed by atoms with Crippen molar-refractivity contribution >= 4 is 61.9 Å². The van der Waals surface area contributed by atoms with Crippen molar-refractivity contribution in [2.24, 2.45) is 5.10 Å². The number of amides is 1. The molecule has 0 aliphatic rings. The summed E-state index contributed by atoms with van der Waals surface area (Å²) in [4.78, 5) is 41.9. The van der Waals surface area contributed by atoms with Crippen LogP contribution in [0.2, 0.25) is 5.02 Å². The van der Waals surface area contributed by atoms with Crippen LogP contribution in [0.3, 0.4) is 0 Å². The number of ether oxygens (including phenoxy) is 1. The number of carbonyl (C=O) groups is 1.